The average Bonchev–Trinajstić information content (AvgIpc) is 3.25. The zero-order valence-electron chi connectivity index (χ0n) is 19.6. The number of carboxylic acids is 1. The normalized spacial score (nSPS) is 29.7. The second kappa shape index (κ2) is 11.4. The molecule has 3 saturated heterocycles. The Morgan fingerprint density at radius 3 is 2.58 bits per heavy atom. The van der Waals surface area contributed by atoms with Crippen molar-refractivity contribution in [3.63, 3.8) is 0 Å². The van der Waals surface area contributed by atoms with Gasteiger partial charge in [-0.1, -0.05) is 24.3 Å². The molecule has 33 heavy (non-hydrogen) atoms. The highest BCUT2D eigenvalue weighted by Gasteiger charge is 2.30. The molecule has 3 aliphatic heterocycles. The lowest BCUT2D eigenvalue weighted by Crippen LogP contribution is -2.42. The summed E-state index contributed by atoms with van der Waals surface area (Å²) in [5.74, 6) is -0.907. The van der Waals surface area contributed by atoms with Gasteiger partial charge in [-0.05, 0) is 44.2 Å². The number of piperidine rings is 1. The van der Waals surface area contributed by atoms with Crippen molar-refractivity contribution in [2.75, 3.05) is 39.3 Å². The number of nitrogens with zero attached hydrogens (tertiary/aromatic N) is 3. The number of carbonyl (C=O) groups is 1. The number of hydrogen-bond acceptors (Lipinski definition) is 8. The SMILES string of the molecule is CC1CN(N=Cc2ccc(C3CC(CN4CCC(OCC(=O)O)CC4)ON3)cc2)CC(C)O1. The van der Waals surface area contributed by atoms with Gasteiger partial charge in [-0.15, -0.1) is 0 Å². The Bertz CT molecular complexity index is 787. The number of morpholine rings is 1. The molecular formula is C24H36N4O5. The van der Waals surface area contributed by atoms with Gasteiger partial charge in [0.05, 0.1) is 49.8 Å². The van der Waals surface area contributed by atoms with Crippen LogP contribution in [0.5, 0.6) is 0 Å². The predicted molar refractivity (Wildman–Crippen MR) is 124 cm³/mol. The molecule has 1 aromatic carbocycles. The van der Waals surface area contributed by atoms with E-state index in [2.05, 4.69) is 58.6 Å². The van der Waals surface area contributed by atoms with Crippen molar-refractivity contribution in [2.45, 2.75) is 63.6 Å². The van der Waals surface area contributed by atoms with Crippen molar-refractivity contribution in [2.24, 2.45) is 5.10 Å². The number of hydrazone groups is 1. The second-order valence-electron chi connectivity index (χ2n) is 9.39. The number of carboxylic acid groups (broad SMARTS) is 1. The highest BCUT2D eigenvalue weighted by atomic mass is 16.7. The summed E-state index contributed by atoms with van der Waals surface area (Å²) in [6.07, 6.45) is 5.15. The lowest BCUT2D eigenvalue weighted by atomic mass is 10.0. The van der Waals surface area contributed by atoms with Crippen molar-refractivity contribution in [3.8, 4) is 0 Å². The van der Waals surface area contributed by atoms with E-state index in [4.69, 9.17) is 19.4 Å². The van der Waals surface area contributed by atoms with Gasteiger partial charge in [-0.2, -0.15) is 10.6 Å². The van der Waals surface area contributed by atoms with E-state index in [1.54, 1.807) is 0 Å². The van der Waals surface area contributed by atoms with Gasteiger partial charge in [0.2, 0.25) is 0 Å². The van der Waals surface area contributed by atoms with Crippen molar-refractivity contribution >= 4 is 12.2 Å². The summed E-state index contributed by atoms with van der Waals surface area (Å²) < 4.78 is 11.2. The first kappa shape index (κ1) is 24.1. The van der Waals surface area contributed by atoms with E-state index in [1.165, 1.54) is 5.56 Å². The molecule has 0 aliphatic carbocycles. The number of hydroxylamine groups is 1. The first-order chi connectivity index (χ1) is 15.9. The summed E-state index contributed by atoms with van der Waals surface area (Å²) in [4.78, 5) is 18.9. The minimum absolute atomic E-state index is 0.0461. The number of rotatable bonds is 8. The molecule has 3 aliphatic rings. The first-order valence-corrected chi connectivity index (χ1v) is 12.0. The highest BCUT2D eigenvalue weighted by molar-refractivity contribution is 5.79. The minimum atomic E-state index is -0.907. The van der Waals surface area contributed by atoms with E-state index in [9.17, 15) is 4.79 Å². The lowest BCUT2D eigenvalue weighted by molar-refractivity contribution is -0.145. The highest BCUT2D eigenvalue weighted by Crippen LogP contribution is 2.27. The third kappa shape index (κ3) is 7.22. The van der Waals surface area contributed by atoms with Crippen molar-refractivity contribution in [3.05, 3.63) is 35.4 Å². The van der Waals surface area contributed by atoms with Crippen LogP contribution < -0.4 is 5.48 Å². The molecule has 1 aromatic rings. The molecule has 9 heteroatoms. The molecular weight excluding hydrogens is 424 g/mol. The molecule has 0 spiro atoms. The van der Waals surface area contributed by atoms with Gasteiger partial charge in [0.15, 0.2) is 0 Å². The fourth-order valence-corrected chi connectivity index (χ4v) is 4.80. The second-order valence-corrected chi connectivity index (χ2v) is 9.39. The Morgan fingerprint density at radius 1 is 1.21 bits per heavy atom. The van der Waals surface area contributed by atoms with Crippen LogP contribution in [0.15, 0.2) is 29.4 Å². The van der Waals surface area contributed by atoms with Crippen LogP contribution in [0, 0.1) is 0 Å². The molecule has 0 radical (unpaired) electrons. The standard InChI is InChI=1S/C24H36N4O5/c1-17-13-28(14-18(2)32-17)25-12-19-3-5-20(6-4-19)23-11-22(33-26-23)15-27-9-7-21(8-10-27)31-16-24(29)30/h3-6,12,17-18,21-23,26H,7-11,13-16H2,1-2H3,(H,29,30). The van der Waals surface area contributed by atoms with Gasteiger partial charge in [0.1, 0.15) is 6.61 Å². The Hall–Kier alpha value is -2.04. The smallest absolute Gasteiger partial charge is 0.329 e. The lowest BCUT2D eigenvalue weighted by Gasteiger charge is -2.33. The predicted octanol–water partition coefficient (Wildman–Crippen LogP) is 2.03. The van der Waals surface area contributed by atoms with E-state index in [0.717, 1.165) is 57.5 Å². The molecule has 9 nitrogen and oxygen atoms in total. The molecule has 4 atom stereocenters. The fraction of sp³-hybridized carbons (Fsp3) is 0.667. The van der Waals surface area contributed by atoms with Crippen LogP contribution >= 0.6 is 0 Å². The molecule has 2 N–H and O–H groups in total. The maximum atomic E-state index is 10.7. The average molecular weight is 461 g/mol. The topological polar surface area (TPSA) is 95.9 Å². The Balaban J connectivity index is 1.20. The van der Waals surface area contributed by atoms with Crippen LogP contribution in [0.1, 0.15) is 50.3 Å². The number of likely N-dealkylation sites (tertiary alicyclic amines) is 1. The molecule has 182 valence electrons. The van der Waals surface area contributed by atoms with Crippen LogP contribution in [0.25, 0.3) is 0 Å². The van der Waals surface area contributed by atoms with Gasteiger partial charge in [-0.25, -0.2) is 4.79 Å². The number of ether oxygens (including phenoxy) is 2. The van der Waals surface area contributed by atoms with Crippen LogP contribution in [-0.4, -0.2) is 90.9 Å². The summed E-state index contributed by atoms with van der Waals surface area (Å²) in [6.45, 7) is 8.26. The Morgan fingerprint density at radius 2 is 1.91 bits per heavy atom. The van der Waals surface area contributed by atoms with Gasteiger partial charge in [0.25, 0.3) is 0 Å². The quantitative estimate of drug-likeness (QED) is 0.569. The van der Waals surface area contributed by atoms with Gasteiger partial charge >= 0.3 is 5.97 Å². The monoisotopic (exact) mass is 460 g/mol. The third-order valence-corrected chi connectivity index (χ3v) is 6.42. The molecule has 0 amide bonds. The van der Waals surface area contributed by atoms with Crippen molar-refractivity contribution < 1.29 is 24.2 Å². The van der Waals surface area contributed by atoms with Crippen LogP contribution in [0.4, 0.5) is 0 Å². The van der Waals surface area contributed by atoms with Gasteiger partial charge in [0, 0.05) is 19.6 Å². The molecule has 0 bridgehead atoms. The molecule has 3 heterocycles. The summed E-state index contributed by atoms with van der Waals surface area (Å²) in [5.41, 5.74) is 5.48. The van der Waals surface area contributed by atoms with Crippen LogP contribution in [0.2, 0.25) is 0 Å². The van der Waals surface area contributed by atoms with Gasteiger partial charge in [-0.3, -0.25) is 9.85 Å². The minimum Gasteiger partial charge on any atom is -0.480 e. The van der Waals surface area contributed by atoms with E-state index >= 15 is 0 Å². The zero-order valence-corrected chi connectivity index (χ0v) is 19.6. The Kier molecular flexibility index (Phi) is 8.32. The van der Waals surface area contributed by atoms with E-state index < -0.39 is 5.97 Å². The summed E-state index contributed by atoms with van der Waals surface area (Å²) in [6, 6.07) is 8.66. The van der Waals surface area contributed by atoms with Gasteiger partial charge < -0.3 is 19.5 Å². The molecule has 0 saturated carbocycles. The summed E-state index contributed by atoms with van der Waals surface area (Å²) >= 11 is 0. The summed E-state index contributed by atoms with van der Waals surface area (Å²) in [5, 5.41) is 15.4. The van der Waals surface area contributed by atoms with E-state index in [-0.39, 0.29) is 37.1 Å². The maximum Gasteiger partial charge on any atom is 0.329 e. The zero-order chi connectivity index (χ0) is 23.2. The van der Waals surface area contributed by atoms with E-state index in [0.29, 0.717) is 0 Å². The number of aliphatic carboxylic acids is 1. The number of benzene rings is 1. The van der Waals surface area contributed by atoms with Crippen molar-refractivity contribution in [1.82, 2.24) is 15.4 Å². The Labute approximate surface area is 195 Å². The fourth-order valence-electron chi connectivity index (χ4n) is 4.80. The van der Waals surface area contributed by atoms with E-state index in [1.807, 2.05) is 6.21 Å². The molecule has 4 rings (SSSR count). The maximum absolute atomic E-state index is 10.7. The van der Waals surface area contributed by atoms with Crippen molar-refractivity contribution in [1.29, 1.82) is 0 Å². The molecule has 3 fully saturated rings. The third-order valence-electron chi connectivity index (χ3n) is 6.42. The largest absolute Gasteiger partial charge is 0.480 e. The summed E-state index contributed by atoms with van der Waals surface area (Å²) in [7, 11) is 0. The molecule has 0 aromatic heterocycles. The number of hydrogen-bond donors (Lipinski definition) is 2. The number of nitrogens with one attached hydrogen (secondary N) is 1. The van der Waals surface area contributed by atoms with Crippen LogP contribution in [0.3, 0.4) is 0 Å². The first-order valence-electron chi connectivity index (χ1n) is 12.0. The molecule has 4 unspecified atom stereocenters. The van der Waals surface area contributed by atoms with Crippen LogP contribution in [-0.2, 0) is 19.1 Å².